The lowest BCUT2D eigenvalue weighted by atomic mass is 10.3. The van der Waals surface area contributed by atoms with Gasteiger partial charge in [-0.2, -0.15) is 0 Å². The number of hydrogen-bond donors (Lipinski definition) is 3. The molecule has 1 atom stereocenters. The average Bonchev–Trinajstić information content (AvgIpc) is 2.55. The average molecular weight is 313 g/mol. The van der Waals surface area contributed by atoms with Crippen molar-refractivity contribution >= 4 is 23.5 Å². The first-order chi connectivity index (χ1) is 11.1. The van der Waals surface area contributed by atoms with Gasteiger partial charge >= 0.3 is 12.1 Å². The molecule has 0 aliphatic carbocycles. The number of rotatable bonds is 5. The molecule has 0 aromatic heterocycles. The van der Waals surface area contributed by atoms with Crippen molar-refractivity contribution in [2.45, 2.75) is 13.0 Å². The number of ether oxygens (including phenoxy) is 1. The summed E-state index contributed by atoms with van der Waals surface area (Å²) in [5.41, 5.74) is 1.35. The molecule has 6 nitrogen and oxygen atoms in total. The van der Waals surface area contributed by atoms with Gasteiger partial charge < -0.3 is 15.4 Å². The van der Waals surface area contributed by atoms with E-state index in [2.05, 4.69) is 16.0 Å². The Bertz CT molecular complexity index is 632. The highest BCUT2D eigenvalue weighted by molar-refractivity contribution is 5.89. The zero-order chi connectivity index (χ0) is 16.5. The Morgan fingerprint density at radius 2 is 1.43 bits per heavy atom. The van der Waals surface area contributed by atoms with E-state index in [1.54, 1.807) is 31.2 Å². The number of urea groups is 1. The van der Waals surface area contributed by atoms with E-state index in [-0.39, 0.29) is 12.6 Å². The van der Waals surface area contributed by atoms with Crippen LogP contribution < -0.4 is 16.0 Å². The number of para-hydroxylation sites is 2. The van der Waals surface area contributed by atoms with Crippen LogP contribution in [0.5, 0.6) is 0 Å². The molecule has 0 spiro atoms. The number of carbonyl (C=O) groups excluding carboxylic acids is 2. The van der Waals surface area contributed by atoms with Gasteiger partial charge in [0.15, 0.2) is 0 Å². The van der Waals surface area contributed by atoms with Gasteiger partial charge in [0.1, 0.15) is 6.10 Å². The van der Waals surface area contributed by atoms with Gasteiger partial charge in [-0.1, -0.05) is 36.4 Å². The second kappa shape index (κ2) is 8.43. The SMILES string of the molecule is C[C@H](CNC(=O)Nc1ccccc1)OC(=O)Nc1ccccc1. The van der Waals surface area contributed by atoms with Crippen LogP contribution in [0.3, 0.4) is 0 Å². The zero-order valence-electron chi connectivity index (χ0n) is 12.8. The molecule has 3 amide bonds. The molecule has 3 N–H and O–H groups in total. The Labute approximate surface area is 134 Å². The standard InChI is InChI=1S/C17H19N3O3/c1-13(23-17(22)20-15-10-6-3-7-11-15)12-18-16(21)19-14-8-4-2-5-9-14/h2-11,13H,12H2,1H3,(H,20,22)(H2,18,19,21)/t13-/m1/s1. The molecule has 0 unspecified atom stereocenters. The predicted octanol–water partition coefficient (Wildman–Crippen LogP) is 3.45. The molecule has 0 aliphatic heterocycles. The van der Waals surface area contributed by atoms with Crippen LogP contribution in [0.4, 0.5) is 21.0 Å². The van der Waals surface area contributed by atoms with E-state index in [4.69, 9.17) is 4.74 Å². The van der Waals surface area contributed by atoms with Gasteiger partial charge in [0, 0.05) is 11.4 Å². The molecule has 120 valence electrons. The quantitative estimate of drug-likeness (QED) is 0.791. The number of anilines is 2. The van der Waals surface area contributed by atoms with Crippen LogP contribution in [0.15, 0.2) is 60.7 Å². The smallest absolute Gasteiger partial charge is 0.411 e. The molecule has 2 aromatic rings. The van der Waals surface area contributed by atoms with Crippen LogP contribution in [0.2, 0.25) is 0 Å². The van der Waals surface area contributed by atoms with E-state index < -0.39 is 12.2 Å². The Morgan fingerprint density at radius 1 is 0.913 bits per heavy atom. The fraction of sp³-hybridized carbons (Fsp3) is 0.176. The van der Waals surface area contributed by atoms with Crippen molar-refractivity contribution in [3.63, 3.8) is 0 Å². The Hall–Kier alpha value is -3.02. The lowest BCUT2D eigenvalue weighted by molar-refractivity contribution is 0.120. The summed E-state index contributed by atoms with van der Waals surface area (Å²) < 4.78 is 5.16. The molecule has 0 bridgehead atoms. The maximum Gasteiger partial charge on any atom is 0.411 e. The zero-order valence-corrected chi connectivity index (χ0v) is 12.8. The lowest BCUT2D eigenvalue weighted by Crippen LogP contribution is -2.36. The molecule has 0 fully saturated rings. The summed E-state index contributed by atoms with van der Waals surface area (Å²) in [4.78, 5) is 23.4. The Kier molecular flexibility index (Phi) is 5.99. The van der Waals surface area contributed by atoms with Crippen LogP contribution in [-0.2, 0) is 4.74 Å². The molecular weight excluding hydrogens is 294 g/mol. The predicted molar refractivity (Wildman–Crippen MR) is 89.5 cm³/mol. The molecule has 2 rings (SSSR count). The summed E-state index contributed by atoms with van der Waals surface area (Å²) in [7, 11) is 0. The van der Waals surface area contributed by atoms with Gasteiger partial charge in [0.05, 0.1) is 6.54 Å². The van der Waals surface area contributed by atoms with Crippen LogP contribution in [0.1, 0.15) is 6.92 Å². The normalized spacial score (nSPS) is 11.2. The third kappa shape index (κ3) is 6.09. The first-order valence-corrected chi connectivity index (χ1v) is 7.26. The molecule has 6 heteroatoms. The molecule has 2 aromatic carbocycles. The van der Waals surface area contributed by atoms with Crippen molar-refractivity contribution in [2.75, 3.05) is 17.2 Å². The van der Waals surface area contributed by atoms with Crippen molar-refractivity contribution in [3.05, 3.63) is 60.7 Å². The topological polar surface area (TPSA) is 79.5 Å². The van der Waals surface area contributed by atoms with Crippen LogP contribution in [0, 0.1) is 0 Å². The Morgan fingerprint density at radius 3 is 2.00 bits per heavy atom. The molecule has 0 aliphatic rings. The molecule has 0 heterocycles. The molecular formula is C17H19N3O3. The number of hydrogen-bond acceptors (Lipinski definition) is 3. The summed E-state index contributed by atoms with van der Waals surface area (Å²) in [6.45, 7) is 1.91. The summed E-state index contributed by atoms with van der Waals surface area (Å²) in [6, 6.07) is 17.7. The van der Waals surface area contributed by atoms with E-state index in [1.807, 2.05) is 36.4 Å². The van der Waals surface area contributed by atoms with Gasteiger partial charge in [0.2, 0.25) is 0 Å². The summed E-state index contributed by atoms with van der Waals surface area (Å²) in [5.74, 6) is 0. The number of nitrogens with one attached hydrogen (secondary N) is 3. The molecule has 0 saturated heterocycles. The van der Waals surface area contributed by atoms with E-state index in [1.165, 1.54) is 0 Å². The van der Waals surface area contributed by atoms with E-state index in [9.17, 15) is 9.59 Å². The van der Waals surface area contributed by atoms with Crippen molar-refractivity contribution in [1.82, 2.24) is 5.32 Å². The van der Waals surface area contributed by atoms with Crippen LogP contribution in [-0.4, -0.2) is 24.8 Å². The minimum atomic E-state index is -0.561. The monoisotopic (exact) mass is 313 g/mol. The lowest BCUT2D eigenvalue weighted by Gasteiger charge is -2.15. The number of amides is 3. The van der Waals surface area contributed by atoms with Crippen molar-refractivity contribution in [3.8, 4) is 0 Å². The first-order valence-electron chi connectivity index (χ1n) is 7.26. The van der Waals surface area contributed by atoms with Gasteiger partial charge in [-0.25, -0.2) is 9.59 Å². The van der Waals surface area contributed by atoms with Crippen molar-refractivity contribution in [2.24, 2.45) is 0 Å². The molecule has 23 heavy (non-hydrogen) atoms. The Balaban J connectivity index is 1.69. The summed E-state index contributed by atoms with van der Waals surface area (Å²) in [5, 5.41) is 7.94. The van der Waals surface area contributed by atoms with E-state index >= 15 is 0 Å². The minimum absolute atomic E-state index is 0.209. The number of benzene rings is 2. The van der Waals surface area contributed by atoms with Gasteiger partial charge in [0.25, 0.3) is 0 Å². The second-order valence-electron chi connectivity index (χ2n) is 4.91. The maximum absolute atomic E-state index is 11.7. The highest BCUT2D eigenvalue weighted by Crippen LogP contribution is 2.06. The highest BCUT2D eigenvalue weighted by atomic mass is 16.6. The fourth-order valence-corrected chi connectivity index (χ4v) is 1.83. The van der Waals surface area contributed by atoms with E-state index in [0.29, 0.717) is 11.4 Å². The molecule has 0 saturated carbocycles. The third-order valence-corrected chi connectivity index (χ3v) is 2.91. The number of carbonyl (C=O) groups is 2. The van der Waals surface area contributed by atoms with Crippen molar-refractivity contribution < 1.29 is 14.3 Å². The van der Waals surface area contributed by atoms with Gasteiger partial charge in [-0.15, -0.1) is 0 Å². The minimum Gasteiger partial charge on any atom is -0.444 e. The summed E-state index contributed by atoms with van der Waals surface area (Å²) >= 11 is 0. The van der Waals surface area contributed by atoms with E-state index in [0.717, 1.165) is 0 Å². The largest absolute Gasteiger partial charge is 0.444 e. The maximum atomic E-state index is 11.7. The first kappa shape index (κ1) is 16.4. The fourth-order valence-electron chi connectivity index (χ4n) is 1.83. The van der Waals surface area contributed by atoms with Crippen LogP contribution >= 0.6 is 0 Å². The van der Waals surface area contributed by atoms with Crippen LogP contribution in [0.25, 0.3) is 0 Å². The molecule has 0 radical (unpaired) electrons. The van der Waals surface area contributed by atoms with Gasteiger partial charge in [-0.05, 0) is 31.2 Å². The second-order valence-corrected chi connectivity index (χ2v) is 4.91. The summed E-state index contributed by atoms with van der Waals surface area (Å²) in [6.07, 6.45) is -1.02. The van der Waals surface area contributed by atoms with Crippen molar-refractivity contribution in [1.29, 1.82) is 0 Å². The highest BCUT2D eigenvalue weighted by Gasteiger charge is 2.11. The third-order valence-electron chi connectivity index (χ3n) is 2.91. The van der Waals surface area contributed by atoms with Gasteiger partial charge in [-0.3, -0.25) is 5.32 Å².